The van der Waals surface area contributed by atoms with Crippen LogP contribution in [0, 0.1) is 6.92 Å². The van der Waals surface area contributed by atoms with Crippen molar-refractivity contribution in [3.63, 3.8) is 0 Å². The Morgan fingerprint density at radius 1 is 2.00 bits per heavy atom. The van der Waals surface area contributed by atoms with Crippen LogP contribution in [-0.4, -0.2) is 11.2 Å². The van der Waals surface area contributed by atoms with Crippen molar-refractivity contribution in [1.29, 1.82) is 0 Å². The molecular weight excluding hydrogens is 64.0 g/mol. The Balaban J connectivity index is 2.54. The maximum Gasteiger partial charge on any atom is 0.0515 e. The van der Waals surface area contributed by atoms with Crippen molar-refractivity contribution < 1.29 is 5.11 Å². The fourth-order valence-corrected chi connectivity index (χ4v) is 0. The van der Waals surface area contributed by atoms with Crippen LogP contribution in [0.3, 0.4) is 0 Å². The van der Waals surface area contributed by atoms with Gasteiger partial charge in [-0.25, -0.2) is 0 Å². The van der Waals surface area contributed by atoms with Gasteiger partial charge in [0.15, 0.2) is 0 Å². The topological polar surface area (TPSA) is 20.2 Å². The number of hydrogen-bond acceptors (Lipinski definition) is 1. The molecule has 0 aromatic heterocycles. The number of aliphatic hydroxyl groups excluding tert-OH is 1. The minimum atomic E-state index is -0.338. The molecular formula is C4H8O. The molecule has 0 bridgehead atoms. The summed E-state index contributed by atoms with van der Waals surface area (Å²) >= 11 is 0. The monoisotopic (exact) mass is 72.1 g/mol. The zero-order valence-corrected chi connectivity index (χ0v) is 3.31. The van der Waals surface area contributed by atoms with Crippen molar-refractivity contribution in [2.24, 2.45) is 0 Å². The molecule has 2 radical (unpaired) electrons. The molecule has 0 aromatic rings. The van der Waals surface area contributed by atoms with Crippen molar-refractivity contribution in [1.82, 2.24) is 0 Å². The van der Waals surface area contributed by atoms with Crippen LogP contribution in [0.1, 0.15) is 13.3 Å². The Labute approximate surface area is 32.6 Å². The highest BCUT2D eigenvalue weighted by Crippen LogP contribution is 1.80. The van der Waals surface area contributed by atoms with Crippen molar-refractivity contribution in [3.8, 4) is 0 Å². The highest BCUT2D eigenvalue weighted by Gasteiger charge is 1.82. The Morgan fingerprint density at radius 2 is 2.20 bits per heavy atom. The van der Waals surface area contributed by atoms with Crippen LogP contribution >= 0.6 is 0 Å². The molecule has 0 rings (SSSR count). The first kappa shape index (κ1) is 4.96. The molecule has 0 saturated heterocycles. The van der Waals surface area contributed by atoms with Crippen molar-refractivity contribution in [2.75, 3.05) is 0 Å². The molecule has 30 valence electrons. The van der Waals surface area contributed by atoms with Gasteiger partial charge >= 0.3 is 0 Å². The standard InChI is InChI=1S/C4H8O/c1-3-4(2)5/h1,4-5H,3H2,2H3. The van der Waals surface area contributed by atoms with E-state index in [4.69, 9.17) is 12.0 Å². The molecule has 5 heavy (non-hydrogen) atoms. The molecule has 0 fully saturated rings. The summed E-state index contributed by atoms with van der Waals surface area (Å²) in [7, 11) is 0. The second kappa shape index (κ2) is 2.21. The third kappa shape index (κ3) is 3.96. The predicted octanol–water partition coefficient (Wildman–Crippen LogP) is 0.468. The van der Waals surface area contributed by atoms with Gasteiger partial charge in [-0.05, 0) is 20.3 Å². The SMILES string of the molecule is [CH]CC(C)O. The van der Waals surface area contributed by atoms with Gasteiger partial charge in [-0.3, -0.25) is 0 Å². The summed E-state index contributed by atoms with van der Waals surface area (Å²) in [5, 5.41) is 8.24. The van der Waals surface area contributed by atoms with Crippen LogP contribution in [0.15, 0.2) is 0 Å². The number of rotatable bonds is 1. The maximum atomic E-state index is 8.24. The van der Waals surface area contributed by atoms with E-state index < -0.39 is 0 Å². The molecule has 0 heterocycles. The van der Waals surface area contributed by atoms with E-state index in [1.165, 1.54) is 0 Å². The average molecular weight is 72.1 g/mol. The zero-order chi connectivity index (χ0) is 4.28. The lowest BCUT2D eigenvalue weighted by Crippen LogP contribution is -1.93. The molecule has 0 aliphatic carbocycles. The molecule has 0 aliphatic rings. The van der Waals surface area contributed by atoms with E-state index in [0.717, 1.165) is 0 Å². The van der Waals surface area contributed by atoms with Crippen molar-refractivity contribution in [3.05, 3.63) is 6.92 Å². The number of aliphatic hydroxyl groups is 1. The summed E-state index contributed by atoms with van der Waals surface area (Å²) in [5.41, 5.74) is 0. The quantitative estimate of drug-likeness (QED) is 0.477. The molecule has 1 nitrogen and oxygen atoms in total. The highest BCUT2D eigenvalue weighted by atomic mass is 16.3. The third-order valence-corrected chi connectivity index (χ3v) is 0.341. The lowest BCUT2D eigenvalue weighted by atomic mass is 10.3. The van der Waals surface area contributed by atoms with Gasteiger partial charge in [-0.15, -0.1) is 0 Å². The lowest BCUT2D eigenvalue weighted by molar-refractivity contribution is 0.198. The minimum absolute atomic E-state index is 0.338. The average Bonchev–Trinajstić information content (AvgIpc) is 1.38. The first-order valence-electron chi connectivity index (χ1n) is 1.65. The van der Waals surface area contributed by atoms with Gasteiger partial charge in [0.05, 0.1) is 6.10 Å². The summed E-state index contributed by atoms with van der Waals surface area (Å²) in [6.45, 7) is 6.57. The summed E-state index contributed by atoms with van der Waals surface area (Å²) in [5.74, 6) is 0. The second-order valence-electron chi connectivity index (χ2n) is 1.08. The Kier molecular flexibility index (Phi) is 2.19. The van der Waals surface area contributed by atoms with Crippen LogP contribution in [0.4, 0.5) is 0 Å². The second-order valence-corrected chi connectivity index (χ2v) is 1.08. The van der Waals surface area contributed by atoms with Gasteiger partial charge in [0.25, 0.3) is 0 Å². The Bertz CT molecular complexity index is 17.6. The molecule has 0 spiro atoms. The van der Waals surface area contributed by atoms with Gasteiger partial charge in [0.2, 0.25) is 0 Å². The van der Waals surface area contributed by atoms with E-state index in [2.05, 4.69) is 0 Å². The fraction of sp³-hybridized carbons (Fsp3) is 0.750. The third-order valence-electron chi connectivity index (χ3n) is 0.341. The highest BCUT2D eigenvalue weighted by molar-refractivity contribution is 4.44. The summed E-state index contributed by atoms with van der Waals surface area (Å²) in [6.07, 6.45) is 0.0231. The minimum Gasteiger partial charge on any atom is -0.393 e. The zero-order valence-electron chi connectivity index (χ0n) is 3.31. The number of hydrogen-bond donors (Lipinski definition) is 1. The van der Waals surface area contributed by atoms with Crippen LogP contribution in [0.25, 0.3) is 0 Å². The van der Waals surface area contributed by atoms with Gasteiger partial charge in [-0.2, -0.15) is 0 Å². The van der Waals surface area contributed by atoms with Crippen molar-refractivity contribution >= 4 is 0 Å². The first-order chi connectivity index (χ1) is 2.27. The summed E-state index contributed by atoms with van der Waals surface area (Å²) in [4.78, 5) is 0. The van der Waals surface area contributed by atoms with Crippen LogP contribution in [0.5, 0.6) is 0 Å². The summed E-state index contributed by atoms with van der Waals surface area (Å²) in [6, 6.07) is 0. The molecule has 1 unspecified atom stereocenters. The normalized spacial score (nSPS) is 15.0. The van der Waals surface area contributed by atoms with Crippen LogP contribution < -0.4 is 0 Å². The molecule has 0 aliphatic heterocycles. The van der Waals surface area contributed by atoms with Crippen LogP contribution in [0.2, 0.25) is 0 Å². The molecule has 1 heteroatoms. The smallest absolute Gasteiger partial charge is 0.0515 e. The van der Waals surface area contributed by atoms with Gasteiger partial charge < -0.3 is 5.11 Å². The molecule has 0 amide bonds. The summed E-state index contributed by atoms with van der Waals surface area (Å²) < 4.78 is 0. The van der Waals surface area contributed by atoms with Crippen molar-refractivity contribution in [2.45, 2.75) is 19.4 Å². The Hall–Kier alpha value is -0.0400. The van der Waals surface area contributed by atoms with Gasteiger partial charge in [0.1, 0.15) is 0 Å². The molecule has 0 saturated carbocycles. The molecule has 1 atom stereocenters. The first-order valence-corrected chi connectivity index (χ1v) is 1.65. The predicted molar refractivity (Wildman–Crippen MR) is 20.6 cm³/mol. The van der Waals surface area contributed by atoms with E-state index in [-0.39, 0.29) is 6.10 Å². The van der Waals surface area contributed by atoms with E-state index in [1.807, 2.05) is 0 Å². The van der Waals surface area contributed by atoms with Gasteiger partial charge in [-0.1, -0.05) is 0 Å². The maximum absolute atomic E-state index is 8.24. The molecule has 0 aromatic carbocycles. The lowest BCUT2D eigenvalue weighted by Gasteiger charge is -1.90. The van der Waals surface area contributed by atoms with E-state index in [0.29, 0.717) is 6.42 Å². The Morgan fingerprint density at radius 3 is 2.20 bits per heavy atom. The largest absolute Gasteiger partial charge is 0.393 e. The molecule has 1 N–H and O–H groups in total. The van der Waals surface area contributed by atoms with E-state index in [9.17, 15) is 0 Å². The fourth-order valence-electron chi connectivity index (χ4n) is 0. The van der Waals surface area contributed by atoms with Gasteiger partial charge in [0, 0.05) is 0 Å². The van der Waals surface area contributed by atoms with E-state index in [1.54, 1.807) is 6.92 Å². The van der Waals surface area contributed by atoms with E-state index >= 15 is 0 Å². The van der Waals surface area contributed by atoms with Crippen LogP contribution in [-0.2, 0) is 0 Å².